The Bertz CT molecular complexity index is 280. The van der Waals surface area contributed by atoms with Crippen LogP contribution in [0.5, 0.6) is 0 Å². The van der Waals surface area contributed by atoms with Gasteiger partial charge in [-0.15, -0.1) is 0 Å². The number of benzene rings is 1. The second kappa shape index (κ2) is 7.11. The van der Waals surface area contributed by atoms with Crippen molar-refractivity contribution in [3.05, 3.63) is 40.3 Å². The van der Waals surface area contributed by atoms with Gasteiger partial charge >= 0.3 is 97.5 Å². The van der Waals surface area contributed by atoms with E-state index in [1.165, 1.54) is 17.3 Å². The molecule has 0 N–H and O–H groups in total. The van der Waals surface area contributed by atoms with Crippen molar-refractivity contribution < 1.29 is 0 Å². The molecule has 0 aromatic heterocycles. The van der Waals surface area contributed by atoms with Gasteiger partial charge in [-0.25, -0.2) is 0 Å². The monoisotopic (exact) mass is 274 g/mol. The van der Waals surface area contributed by atoms with Crippen molar-refractivity contribution in [3.8, 4) is 0 Å². The topological polar surface area (TPSA) is 0 Å². The van der Waals surface area contributed by atoms with Crippen LogP contribution in [0.2, 0.25) is 0 Å². The summed E-state index contributed by atoms with van der Waals surface area (Å²) in [6, 6.07) is 10.4. The second-order valence-electron chi connectivity index (χ2n) is 3.07. The van der Waals surface area contributed by atoms with Crippen molar-refractivity contribution in [2.75, 3.05) is 0 Å². The summed E-state index contributed by atoms with van der Waals surface area (Å²) in [4.78, 5) is 0. The van der Waals surface area contributed by atoms with Crippen LogP contribution in [-0.2, 0) is 0 Å². The van der Waals surface area contributed by atoms with Gasteiger partial charge in [0.1, 0.15) is 0 Å². The van der Waals surface area contributed by atoms with Gasteiger partial charge in [0, 0.05) is 0 Å². The third-order valence-electron chi connectivity index (χ3n) is 1.82. The van der Waals surface area contributed by atoms with Gasteiger partial charge in [0.15, 0.2) is 0 Å². The van der Waals surface area contributed by atoms with Crippen LogP contribution in [0, 0.1) is 0 Å². The third-order valence-corrected chi connectivity index (χ3v) is 4.20. The number of unbranched alkanes of at least 4 members (excludes halogenated alkanes) is 2. The molecule has 0 atom stereocenters. The second-order valence-corrected chi connectivity index (χ2v) is 6.32. The molecular weight excluding hydrogens is 259 g/mol. The Morgan fingerprint density at radius 3 is 2.71 bits per heavy atom. The Hall–Kier alpha value is -0.231. The molecule has 0 fully saturated rings. The zero-order valence-electron chi connectivity index (χ0n) is 8.37. The van der Waals surface area contributed by atoms with Crippen molar-refractivity contribution in [1.29, 1.82) is 0 Å². The molecule has 1 aromatic rings. The van der Waals surface area contributed by atoms with Crippen LogP contribution in [0.1, 0.15) is 26.2 Å². The number of allylic oxidation sites excluding steroid dienone is 1. The van der Waals surface area contributed by atoms with Crippen molar-refractivity contribution in [2.24, 2.45) is 0 Å². The predicted octanol–water partition coefficient (Wildman–Crippen LogP) is 3.29. The Morgan fingerprint density at radius 2 is 2.07 bits per heavy atom. The van der Waals surface area contributed by atoms with Crippen LogP contribution in [0.15, 0.2) is 40.3 Å². The predicted molar refractivity (Wildman–Crippen MR) is 65.3 cm³/mol. The molecule has 76 valence electrons. The third kappa shape index (κ3) is 4.85. The molecule has 0 radical (unpaired) electrons. The summed E-state index contributed by atoms with van der Waals surface area (Å²) in [6.07, 6.45) is 5.75. The van der Waals surface area contributed by atoms with Crippen LogP contribution in [0.4, 0.5) is 0 Å². The normalized spacial score (nSPS) is 11.7. The molecule has 1 aromatic carbocycles. The number of halogens is 1. The summed E-state index contributed by atoms with van der Waals surface area (Å²) in [7, 11) is 0. The standard InChI is InChI=1S/C12H15ClSe/c1-2-3-5-10-12(13)14-11-8-6-4-7-9-11/h4,6-10H,2-3,5H2,1H3/b12-10-. The molecule has 0 unspecified atom stereocenters. The molecule has 0 saturated heterocycles. The van der Waals surface area contributed by atoms with Gasteiger partial charge in [-0.1, -0.05) is 0 Å². The van der Waals surface area contributed by atoms with Crippen molar-refractivity contribution in [1.82, 2.24) is 0 Å². The van der Waals surface area contributed by atoms with E-state index < -0.39 is 0 Å². The van der Waals surface area contributed by atoms with Crippen molar-refractivity contribution in [2.45, 2.75) is 26.2 Å². The van der Waals surface area contributed by atoms with E-state index in [2.05, 4.69) is 37.3 Å². The molecule has 1 rings (SSSR count). The van der Waals surface area contributed by atoms with Gasteiger partial charge in [0.2, 0.25) is 0 Å². The number of hydrogen-bond donors (Lipinski definition) is 0. The van der Waals surface area contributed by atoms with E-state index in [0.717, 1.165) is 10.4 Å². The number of hydrogen-bond acceptors (Lipinski definition) is 0. The molecule has 0 nitrogen and oxygen atoms in total. The van der Waals surface area contributed by atoms with Crippen LogP contribution >= 0.6 is 11.6 Å². The molecule has 2 heteroatoms. The summed E-state index contributed by atoms with van der Waals surface area (Å²) < 4.78 is 2.37. The van der Waals surface area contributed by atoms with E-state index in [-0.39, 0.29) is 0 Å². The van der Waals surface area contributed by atoms with Crippen molar-refractivity contribution in [3.63, 3.8) is 0 Å². The van der Waals surface area contributed by atoms with E-state index in [4.69, 9.17) is 11.6 Å². The van der Waals surface area contributed by atoms with Gasteiger partial charge in [-0.3, -0.25) is 0 Å². The SMILES string of the molecule is CCCC/C=C(/Cl)[Se]c1ccccc1. The fourth-order valence-electron chi connectivity index (χ4n) is 1.06. The molecule has 0 aliphatic carbocycles. The summed E-state index contributed by atoms with van der Waals surface area (Å²) in [6.45, 7) is 2.20. The molecule has 0 amide bonds. The van der Waals surface area contributed by atoms with Crippen molar-refractivity contribution >= 4 is 31.0 Å². The zero-order chi connectivity index (χ0) is 10.2. The molecule has 0 aliphatic rings. The quantitative estimate of drug-likeness (QED) is 0.570. The van der Waals surface area contributed by atoms with E-state index >= 15 is 0 Å². The summed E-state index contributed by atoms with van der Waals surface area (Å²) >= 11 is 6.44. The van der Waals surface area contributed by atoms with E-state index in [0.29, 0.717) is 15.0 Å². The minimum atomic E-state index is 0.302. The van der Waals surface area contributed by atoms with Gasteiger partial charge in [0.25, 0.3) is 0 Å². The van der Waals surface area contributed by atoms with E-state index in [1.807, 2.05) is 6.07 Å². The maximum atomic E-state index is 6.14. The van der Waals surface area contributed by atoms with Crippen LogP contribution in [0.3, 0.4) is 0 Å². The van der Waals surface area contributed by atoms with E-state index in [1.54, 1.807) is 0 Å². The average Bonchev–Trinajstić information content (AvgIpc) is 2.20. The first kappa shape index (κ1) is 11.8. The average molecular weight is 274 g/mol. The van der Waals surface area contributed by atoms with Crippen LogP contribution < -0.4 is 4.46 Å². The summed E-state index contributed by atoms with van der Waals surface area (Å²) in [5, 5.41) is 0. The Labute approximate surface area is 97.5 Å². The fraction of sp³-hybridized carbons (Fsp3) is 0.333. The maximum absolute atomic E-state index is 6.14. The molecule has 0 bridgehead atoms. The van der Waals surface area contributed by atoms with E-state index in [9.17, 15) is 0 Å². The molecule has 0 saturated carbocycles. The van der Waals surface area contributed by atoms with Crippen LogP contribution in [-0.4, -0.2) is 15.0 Å². The van der Waals surface area contributed by atoms with Crippen LogP contribution in [0.25, 0.3) is 0 Å². The Kier molecular flexibility index (Phi) is 6.02. The summed E-state index contributed by atoms with van der Waals surface area (Å²) in [5.41, 5.74) is 0. The fourth-order valence-corrected chi connectivity index (χ4v) is 3.14. The minimum absolute atomic E-state index is 0.302. The molecule has 0 spiro atoms. The molecule has 0 aliphatic heterocycles. The molecule has 0 heterocycles. The van der Waals surface area contributed by atoms with Gasteiger partial charge in [0.05, 0.1) is 0 Å². The molecule has 14 heavy (non-hydrogen) atoms. The van der Waals surface area contributed by atoms with Gasteiger partial charge < -0.3 is 0 Å². The Balaban J connectivity index is 2.40. The van der Waals surface area contributed by atoms with Gasteiger partial charge in [-0.2, -0.15) is 0 Å². The molecular formula is C12H15ClSe. The Morgan fingerprint density at radius 1 is 1.36 bits per heavy atom. The first-order chi connectivity index (χ1) is 6.83. The summed E-state index contributed by atoms with van der Waals surface area (Å²) in [5.74, 6) is 0. The first-order valence-corrected chi connectivity index (χ1v) is 7.00. The zero-order valence-corrected chi connectivity index (χ0v) is 10.8. The first-order valence-electron chi connectivity index (χ1n) is 4.91. The number of rotatable bonds is 5. The van der Waals surface area contributed by atoms with Gasteiger partial charge in [-0.05, 0) is 0 Å².